The number of ether oxygens (including phenoxy) is 1. The maximum absolute atomic E-state index is 13.7. The number of amides is 1. The lowest BCUT2D eigenvalue weighted by Crippen LogP contribution is -2.47. The Hall–Kier alpha value is -3.33. The molecule has 2 aromatic rings. The Morgan fingerprint density at radius 1 is 1.05 bits per heavy atom. The molecule has 1 saturated heterocycles. The van der Waals surface area contributed by atoms with Crippen LogP contribution < -0.4 is 10.2 Å². The molecule has 1 unspecified atom stereocenters. The van der Waals surface area contributed by atoms with Crippen LogP contribution in [0.1, 0.15) is 43.9 Å². The van der Waals surface area contributed by atoms with Gasteiger partial charge in [-0.25, -0.2) is 0 Å². The number of fused-ring (bicyclic) bond motifs is 1. The molecule has 0 radical (unpaired) electrons. The van der Waals surface area contributed by atoms with Gasteiger partial charge in [-0.1, -0.05) is 38.1 Å². The number of alkyl halides is 3. The van der Waals surface area contributed by atoms with Crippen LogP contribution in [0.5, 0.6) is 0 Å². The number of carbonyl (C=O) groups is 2. The topological polar surface area (TPSA) is 61.9 Å². The Balaban J connectivity index is 1.66. The number of hydrogen-bond donors (Lipinski definition) is 1. The van der Waals surface area contributed by atoms with Gasteiger partial charge in [-0.2, -0.15) is 13.2 Å². The molecule has 0 aromatic heterocycles. The van der Waals surface area contributed by atoms with Crippen LogP contribution in [0.3, 0.4) is 0 Å². The van der Waals surface area contributed by atoms with E-state index in [4.69, 9.17) is 4.74 Å². The summed E-state index contributed by atoms with van der Waals surface area (Å²) in [7, 11) is 0. The van der Waals surface area contributed by atoms with Crippen LogP contribution in [0.15, 0.2) is 59.8 Å². The van der Waals surface area contributed by atoms with Crippen LogP contribution >= 0.6 is 0 Å². The molecule has 1 atom stereocenters. The van der Waals surface area contributed by atoms with Crippen LogP contribution in [0.2, 0.25) is 0 Å². The minimum absolute atomic E-state index is 0.0299. The SMILES string of the molecule is CC1(C)CC(=O)C2=C(C1)Nc1ccccc1N(CC(=O)N1CCOCC1)C2c1ccc(C(F)(F)F)cc1. The first-order valence-electron chi connectivity index (χ1n) is 12.5. The Morgan fingerprint density at radius 2 is 1.73 bits per heavy atom. The molecule has 0 bridgehead atoms. The maximum Gasteiger partial charge on any atom is 0.416 e. The Kier molecular flexibility index (Phi) is 6.52. The van der Waals surface area contributed by atoms with Crippen LogP contribution in [-0.2, 0) is 20.5 Å². The van der Waals surface area contributed by atoms with Crippen LogP contribution in [-0.4, -0.2) is 49.4 Å². The monoisotopic (exact) mass is 513 g/mol. The van der Waals surface area contributed by atoms with Crippen molar-refractivity contribution in [3.05, 3.63) is 70.9 Å². The first kappa shape index (κ1) is 25.3. The summed E-state index contributed by atoms with van der Waals surface area (Å²) < 4.78 is 45.4. The third-order valence-corrected chi connectivity index (χ3v) is 7.23. The third kappa shape index (κ3) is 5.09. The average Bonchev–Trinajstić information content (AvgIpc) is 2.98. The largest absolute Gasteiger partial charge is 0.416 e. The Labute approximate surface area is 214 Å². The standard InChI is InChI=1S/C28H30F3N3O3/c1-27(2)15-21-25(23(35)16-27)26(18-7-9-19(10-8-18)28(29,30)31)34(22-6-4-3-5-20(22)32-21)17-24(36)33-11-13-37-14-12-33/h3-10,26,32H,11-17H2,1-2H3. The molecule has 3 aliphatic rings. The predicted molar refractivity (Wildman–Crippen MR) is 134 cm³/mol. The van der Waals surface area contributed by atoms with E-state index in [1.807, 2.05) is 43.0 Å². The third-order valence-electron chi connectivity index (χ3n) is 7.23. The summed E-state index contributed by atoms with van der Waals surface area (Å²) in [6.45, 7) is 5.87. The summed E-state index contributed by atoms with van der Waals surface area (Å²) >= 11 is 0. The molecule has 1 N–H and O–H groups in total. The second-order valence-corrected chi connectivity index (χ2v) is 10.6. The van der Waals surface area contributed by atoms with E-state index >= 15 is 0 Å². The van der Waals surface area contributed by atoms with E-state index in [-0.39, 0.29) is 23.7 Å². The number of para-hydroxylation sites is 2. The number of anilines is 2. The number of carbonyl (C=O) groups excluding carboxylic acids is 2. The van der Waals surface area contributed by atoms with Crippen LogP contribution in [0.4, 0.5) is 24.5 Å². The quantitative estimate of drug-likeness (QED) is 0.613. The number of Topliss-reactive ketones (excluding diaryl/α,β-unsaturated/α-hetero) is 1. The highest BCUT2D eigenvalue weighted by molar-refractivity contribution is 6.01. The summed E-state index contributed by atoms with van der Waals surface area (Å²) in [5, 5.41) is 3.46. The van der Waals surface area contributed by atoms with Crippen molar-refractivity contribution >= 4 is 23.1 Å². The highest BCUT2D eigenvalue weighted by Gasteiger charge is 2.42. The number of ketones is 1. The van der Waals surface area contributed by atoms with Gasteiger partial charge in [0.05, 0.1) is 42.7 Å². The minimum Gasteiger partial charge on any atom is -0.378 e. The fraction of sp³-hybridized carbons (Fsp3) is 0.429. The molecule has 9 heteroatoms. The van der Waals surface area contributed by atoms with E-state index in [0.29, 0.717) is 56.0 Å². The molecule has 6 nitrogen and oxygen atoms in total. The highest BCUT2D eigenvalue weighted by Crippen LogP contribution is 2.48. The average molecular weight is 514 g/mol. The Bertz CT molecular complexity index is 1230. The van der Waals surface area contributed by atoms with Crippen molar-refractivity contribution in [2.24, 2.45) is 5.41 Å². The van der Waals surface area contributed by atoms with E-state index in [1.54, 1.807) is 4.90 Å². The fourth-order valence-corrected chi connectivity index (χ4v) is 5.49. The normalized spacial score (nSPS) is 21.6. The van der Waals surface area contributed by atoms with Crippen molar-refractivity contribution in [2.45, 2.75) is 38.9 Å². The van der Waals surface area contributed by atoms with Crippen molar-refractivity contribution in [3.63, 3.8) is 0 Å². The molecule has 1 aliphatic carbocycles. The number of morpholine rings is 1. The van der Waals surface area contributed by atoms with Gasteiger partial charge in [-0.05, 0) is 41.7 Å². The van der Waals surface area contributed by atoms with Gasteiger partial charge in [0, 0.05) is 30.8 Å². The second-order valence-electron chi connectivity index (χ2n) is 10.6. The van der Waals surface area contributed by atoms with Crippen molar-refractivity contribution in [1.82, 2.24) is 4.90 Å². The second kappa shape index (κ2) is 9.52. The summed E-state index contributed by atoms with van der Waals surface area (Å²) in [6, 6.07) is 11.7. The van der Waals surface area contributed by atoms with Gasteiger partial charge >= 0.3 is 6.18 Å². The number of rotatable bonds is 3. The van der Waals surface area contributed by atoms with Gasteiger partial charge in [0.2, 0.25) is 5.91 Å². The van der Waals surface area contributed by atoms with E-state index in [9.17, 15) is 22.8 Å². The maximum atomic E-state index is 13.7. The lowest BCUT2D eigenvalue weighted by atomic mass is 9.73. The van der Waals surface area contributed by atoms with Gasteiger partial charge in [0.1, 0.15) is 0 Å². The molecule has 2 aliphatic heterocycles. The number of hydrogen-bond acceptors (Lipinski definition) is 5. The number of halogens is 3. The van der Waals surface area contributed by atoms with E-state index in [0.717, 1.165) is 23.5 Å². The fourth-order valence-electron chi connectivity index (χ4n) is 5.49. The zero-order valence-electron chi connectivity index (χ0n) is 20.9. The van der Waals surface area contributed by atoms with Gasteiger partial charge in [0.15, 0.2) is 5.78 Å². The summed E-state index contributed by atoms with van der Waals surface area (Å²) in [5.41, 5.74) is 2.22. The molecule has 0 saturated carbocycles. The number of benzene rings is 2. The van der Waals surface area contributed by atoms with E-state index in [2.05, 4.69) is 5.32 Å². The smallest absolute Gasteiger partial charge is 0.378 e. The zero-order chi connectivity index (χ0) is 26.4. The molecular weight excluding hydrogens is 483 g/mol. The Morgan fingerprint density at radius 3 is 2.41 bits per heavy atom. The molecule has 1 amide bonds. The van der Waals surface area contributed by atoms with Gasteiger partial charge in [-0.3, -0.25) is 9.59 Å². The lowest BCUT2D eigenvalue weighted by Gasteiger charge is -2.39. The van der Waals surface area contributed by atoms with E-state index < -0.39 is 17.8 Å². The summed E-state index contributed by atoms with van der Waals surface area (Å²) in [5.74, 6) is -0.192. The number of allylic oxidation sites excluding steroid dienone is 1. The molecule has 0 spiro atoms. The van der Waals surface area contributed by atoms with Crippen molar-refractivity contribution < 1.29 is 27.5 Å². The number of nitrogens with one attached hydrogen (secondary N) is 1. The molecule has 2 heterocycles. The lowest BCUT2D eigenvalue weighted by molar-refractivity contribution is -0.137. The number of nitrogens with zero attached hydrogens (tertiary/aromatic N) is 2. The van der Waals surface area contributed by atoms with Crippen molar-refractivity contribution in [3.8, 4) is 0 Å². The first-order chi connectivity index (χ1) is 17.5. The van der Waals surface area contributed by atoms with Crippen LogP contribution in [0.25, 0.3) is 0 Å². The molecule has 1 fully saturated rings. The summed E-state index contributed by atoms with van der Waals surface area (Å²) in [4.78, 5) is 30.7. The van der Waals surface area contributed by atoms with Gasteiger partial charge in [-0.15, -0.1) is 0 Å². The first-order valence-corrected chi connectivity index (χ1v) is 12.5. The van der Waals surface area contributed by atoms with E-state index in [1.165, 1.54) is 12.1 Å². The highest BCUT2D eigenvalue weighted by atomic mass is 19.4. The molecular formula is C28H30F3N3O3. The molecule has 2 aromatic carbocycles. The van der Waals surface area contributed by atoms with Gasteiger partial charge < -0.3 is 19.9 Å². The molecule has 37 heavy (non-hydrogen) atoms. The predicted octanol–water partition coefficient (Wildman–Crippen LogP) is 5.18. The van der Waals surface area contributed by atoms with Gasteiger partial charge in [0.25, 0.3) is 0 Å². The minimum atomic E-state index is -4.47. The molecule has 5 rings (SSSR count). The molecule has 196 valence electrons. The zero-order valence-corrected chi connectivity index (χ0v) is 20.9. The van der Waals surface area contributed by atoms with Crippen molar-refractivity contribution in [1.29, 1.82) is 0 Å². The van der Waals surface area contributed by atoms with Crippen molar-refractivity contribution in [2.75, 3.05) is 43.1 Å². The summed E-state index contributed by atoms with van der Waals surface area (Å²) in [6.07, 6.45) is -3.56. The van der Waals surface area contributed by atoms with Crippen LogP contribution in [0, 0.1) is 5.41 Å².